The minimum absolute atomic E-state index is 0.211. The fourth-order valence-electron chi connectivity index (χ4n) is 1.75. The fraction of sp³-hybridized carbons (Fsp3) is 0.125. The monoisotopic (exact) mass is 270 g/mol. The number of Topliss-reactive ketones (excluding diaryl/α,β-unsaturated/α-hetero) is 1. The predicted octanol–water partition coefficient (Wildman–Crippen LogP) is 2.62. The molecule has 0 aliphatic rings. The molecule has 2 rings (SSSR count). The summed E-state index contributed by atoms with van der Waals surface area (Å²) in [4.78, 5) is 23.2. The van der Waals surface area contributed by atoms with Gasteiger partial charge in [-0.25, -0.2) is 4.79 Å². The summed E-state index contributed by atoms with van der Waals surface area (Å²) in [5.74, 6) is -0.843. The van der Waals surface area contributed by atoms with Crippen LogP contribution in [0.3, 0.4) is 0 Å². The van der Waals surface area contributed by atoms with Gasteiger partial charge in [0.25, 0.3) is 5.78 Å². The Morgan fingerprint density at radius 1 is 0.950 bits per heavy atom. The number of rotatable bonds is 5. The first-order chi connectivity index (χ1) is 9.72. The Labute approximate surface area is 116 Å². The SMILES string of the molecule is COC(=O)C(=O)c1ccccc1COc1ccccc1. The van der Waals surface area contributed by atoms with Crippen LogP contribution >= 0.6 is 0 Å². The molecule has 0 N–H and O–H groups in total. The maximum atomic E-state index is 11.9. The number of hydrogen-bond donors (Lipinski definition) is 0. The number of para-hydroxylation sites is 1. The van der Waals surface area contributed by atoms with E-state index in [-0.39, 0.29) is 6.61 Å². The van der Waals surface area contributed by atoms with Crippen LogP contribution in [-0.4, -0.2) is 18.9 Å². The van der Waals surface area contributed by atoms with Crippen molar-refractivity contribution in [1.82, 2.24) is 0 Å². The minimum atomic E-state index is -0.878. The van der Waals surface area contributed by atoms with E-state index in [1.807, 2.05) is 30.3 Å². The Hall–Kier alpha value is -2.62. The first-order valence-electron chi connectivity index (χ1n) is 6.11. The second kappa shape index (κ2) is 6.52. The zero-order valence-corrected chi connectivity index (χ0v) is 11.0. The second-order valence-electron chi connectivity index (χ2n) is 4.08. The van der Waals surface area contributed by atoms with E-state index in [2.05, 4.69) is 4.74 Å². The highest BCUT2D eigenvalue weighted by molar-refractivity contribution is 6.40. The smallest absolute Gasteiger partial charge is 0.379 e. The summed E-state index contributed by atoms with van der Waals surface area (Å²) in [5.41, 5.74) is 0.946. The number of benzene rings is 2. The van der Waals surface area contributed by atoms with Crippen molar-refractivity contribution in [3.05, 3.63) is 65.7 Å². The van der Waals surface area contributed by atoms with Gasteiger partial charge < -0.3 is 9.47 Å². The van der Waals surface area contributed by atoms with Crippen molar-refractivity contribution in [2.45, 2.75) is 6.61 Å². The van der Waals surface area contributed by atoms with Crippen molar-refractivity contribution in [2.75, 3.05) is 7.11 Å². The van der Waals surface area contributed by atoms with E-state index in [1.165, 1.54) is 7.11 Å². The van der Waals surface area contributed by atoms with Crippen molar-refractivity contribution < 1.29 is 19.1 Å². The van der Waals surface area contributed by atoms with Crippen LogP contribution < -0.4 is 4.74 Å². The van der Waals surface area contributed by atoms with Gasteiger partial charge in [0.2, 0.25) is 0 Å². The molecule has 0 amide bonds. The van der Waals surface area contributed by atoms with Gasteiger partial charge in [0.05, 0.1) is 7.11 Å². The topological polar surface area (TPSA) is 52.6 Å². The first-order valence-corrected chi connectivity index (χ1v) is 6.11. The molecule has 0 saturated heterocycles. The van der Waals surface area contributed by atoms with E-state index in [4.69, 9.17) is 4.74 Å². The van der Waals surface area contributed by atoms with Crippen LogP contribution in [0, 0.1) is 0 Å². The van der Waals surface area contributed by atoms with E-state index in [1.54, 1.807) is 24.3 Å². The lowest BCUT2D eigenvalue weighted by Crippen LogP contribution is -2.18. The zero-order valence-electron chi connectivity index (χ0n) is 11.0. The molecule has 0 aliphatic heterocycles. The van der Waals surface area contributed by atoms with E-state index >= 15 is 0 Å². The molecular formula is C16H14O4. The van der Waals surface area contributed by atoms with Gasteiger partial charge in [-0.15, -0.1) is 0 Å². The Morgan fingerprint density at radius 3 is 2.30 bits per heavy atom. The van der Waals surface area contributed by atoms with Crippen molar-refractivity contribution in [1.29, 1.82) is 0 Å². The van der Waals surface area contributed by atoms with Crippen LogP contribution in [0.25, 0.3) is 0 Å². The molecule has 0 unspecified atom stereocenters. The van der Waals surface area contributed by atoms with Crippen LogP contribution in [0.5, 0.6) is 5.75 Å². The molecule has 4 heteroatoms. The normalized spacial score (nSPS) is 9.85. The Kier molecular flexibility index (Phi) is 4.50. The molecule has 0 fully saturated rings. The fourth-order valence-corrected chi connectivity index (χ4v) is 1.75. The molecule has 0 aliphatic carbocycles. The van der Waals surface area contributed by atoms with Crippen LogP contribution in [-0.2, 0) is 16.1 Å². The number of carbonyl (C=O) groups is 2. The average molecular weight is 270 g/mol. The summed E-state index contributed by atoms with van der Waals surface area (Å²) in [6.45, 7) is 0.211. The summed E-state index contributed by atoms with van der Waals surface area (Å²) in [7, 11) is 1.18. The lowest BCUT2D eigenvalue weighted by Gasteiger charge is -2.09. The summed E-state index contributed by atoms with van der Waals surface area (Å²) >= 11 is 0. The third kappa shape index (κ3) is 3.23. The number of hydrogen-bond acceptors (Lipinski definition) is 4. The Balaban J connectivity index is 2.16. The van der Waals surface area contributed by atoms with Crippen LogP contribution in [0.15, 0.2) is 54.6 Å². The van der Waals surface area contributed by atoms with Gasteiger partial charge in [-0.2, -0.15) is 0 Å². The van der Waals surface area contributed by atoms with E-state index in [9.17, 15) is 9.59 Å². The van der Waals surface area contributed by atoms with Gasteiger partial charge in [0.1, 0.15) is 12.4 Å². The minimum Gasteiger partial charge on any atom is -0.489 e. The van der Waals surface area contributed by atoms with Crippen molar-refractivity contribution in [2.24, 2.45) is 0 Å². The molecule has 2 aromatic rings. The number of ketones is 1. The lowest BCUT2D eigenvalue weighted by atomic mass is 10.0. The van der Waals surface area contributed by atoms with Gasteiger partial charge in [-0.1, -0.05) is 42.5 Å². The van der Waals surface area contributed by atoms with Gasteiger partial charge >= 0.3 is 5.97 Å². The van der Waals surface area contributed by atoms with Gasteiger partial charge in [0, 0.05) is 11.1 Å². The summed E-state index contributed by atoms with van der Waals surface area (Å²) in [6.07, 6.45) is 0. The van der Waals surface area contributed by atoms with Gasteiger partial charge in [0.15, 0.2) is 0 Å². The first kappa shape index (κ1) is 13.8. The summed E-state index contributed by atoms with van der Waals surface area (Å²) in [6, 6.07) is 16.1. The maximum absolute atomic E-state index is 11.9. The molecule has 2 aromatic carbocycles. The largest absolute Gasteiger partial charge is 0.489 e. The number of methoxy groups -OCH3 is 1. The van der Waals surface area contributed by atoms with Crippen LogP contribution in [0.4, 0.5) is 0 Å². The Morgan fingerprint density at radius 2 is 1.60 bits per heavy atom. The van der Waals surface area contributed by atoms with E-state index in [0.717, 1.165) is 0 Å². The van der Waals surface area contributed by atoms with Crippen LogP contribution in [0.1, 0.15) is 15.9 Å². The number of esters is 1. The third-order valence-corrected chi connectivity index (χ3v) is 2.77. The molecule has 0 spiro atoms. The van der Waals surface area contributed by atoms with Crippen LogP contribution in [0.2, 0.25) is 0 Å². The standard InChI is InChI=1S/C16H14O4/c1-19-16(18)15(17)14-10-6-5-7-12(14)11-20-13-8-3-2-4-9-13/h2-10H,11H2,1H3. The van der Waals surface area contributed by atoms with E-state index < -0.39 is 11.8 Å². The third-order valence-electron chi connectivity index (χ3n) is 2.77. The molecule has 0 heterocycles. The van der Waals surface area contributed by atoms with Gasteiger partial charge in [-0.3, -0.25) is 4.79 Å². The van der Waals surface area contributed by atoms with Crippen molar-refractivity contribution in [3.8, 4) is 5.75 Å². The maximum Gasteiger partial charge on any atom is 0.379 e. The lowest BCUT2D eigenvalue weighted by molar-refractivity contribution is -0.135. The highest BCUT2D eigenvalue weighted by Gasteiger charge is 2.19. The molecule has 0 saturated carbocycles. The molecule has 0 aromatic heterocycles. The summed E-state index contributed by atoms with van der Waals surface area (Å²) < 4.78 is 10.0. The van der Waals surface area contributed by atoms with E-state index in [0.29, 0.717) is 16.9 Å². The van der Waals surface area contributed by atoms with Crippen molar-refractivity contribution >= 4 is 11.8 Å². The molecule has 0 atom stereocenters. The molecule has 0 radical (unpaired) electrons. The Bertz CT molecular complexity index is 605. The highest BCUT2D eigenvalue weighted by Crippen LogP contribution is 2.15. The summed E-state index contributed by atoms with van der Waals surface area (Å²) in [5, 5.41) is 0. The predicted molar refractivity (Wildman–Crippen MR) is 73.6 cm³/mol. The quantitative estimate of drug-likeness (QED) is 0.476. The highest BCUT2D eigenvalue weighted by atomic mass is 16.5. The molecule has 20 heavy (non-hydrogen) atoms. The molecule has 102 valence electrons. The average Bonchev–Trinajstić information content (AvgIpc) is 2.52. The van der Waals surface area contributed by atoms with Gasteiger partial charge in [-0.05, 0) is 12.1 Å². The molecule has 0 bridgehead atoms. The molecular weight excluding hydrogens is 256 g/mol. The molecule has 4 nitrogen and oxygen atoms in total. The second-order valence-corrected chi connectivity index (χ2v) is 4.08. The van der Waals surface area contributed by atoms with Crippen molar-refractivity contribution in [3.63, 3.8) is 0 Å². The zero-order chi connectivity index (χ0) is 14.4. The number of carbonyl (C=O) groups excluding carboxylic acids is 2. The number of ether oxygens (including phenoxy) is 2.